The Bertz CT molecular complexity index is 1220. The molecule has 1 aliphatic heterocycles. The minimum Gasteiger partial charge on any atom is -0.498 e. The van der Waals surface area contributed by atoms with Crippen molar-refractivity contribution in [1.82, 2.24) is 0 Å². The van der Waals surface area contributed by atoms with E-state index in [1.54, 1.807) is 0 Å². The quantitative estimate of drug-likeness (QED) is 0.340. The summed E-state index contributed by atoms with van der Waals surface area (Å²) >= 11 is 0. The van der Waals surface area contributed by atoms with E-state index in [9.17, 15) is 0 Å². The van der Waals surface area contributed by atoms with Crippen molar-refractivity contribution >= 4 is 46.0 Å². The van der Waals surface area contributed by atoms with Gasteiger partial charge in [-0.1, -0.05) is 83.4 Å². The van der Waals surface area contributed by atoms with Gasteiger partial charge in [0.1, 0.15) is 12.6 Å². The topological polar surface area (TPSA) is 0 Å². The van der Waals surface area contributed by atoms with E-state index in [0.29, 0.717) is 0 Å². The molecule has 1 heterocycles. The lowest BCUT2D eigenvalue weighted by molar-refractivity contribution is 0.841. The van der Waals surface area contributed by atoms with E-state index in [1.165, 1.54) is 21.5 Å². The number of rotatable bonds is 2. The Balaban J connectivity index is 1.93. The molecule has 4 aromatic rings. The predicted octanol–water partition coefficient (Wildman–Crippen LogP) is 3.79. The summed E-state index contributed by atoms with van der Waals surface area (Å²) in [5, 5.41) is 3.63. The third-order valence-corrected chi connectivity index (χ3v) is 11.2. The lowest BCUT2D eigenvalue weighted by Crippen LogP contribution is -2.75. The number of aryl methyl sites for hydroxylation is 3. The van der Waals surface area contributed by atoms with Crippen molar-refractivity contribution in [2.24, 2.45) is 0 Å². The maximum absolute atomic E-state index is 17.9. The number of hydrogen-bond acceptors (Lipinski definition) is 0. The van der Waals surface area contributed by atoms with Gasteiger partial charge in [0.25, 0.3) is 0 Å². The Hall–Kier alpha value is -2.70. The SMILES string of the molecule is Cc1cc(C)c([B-]2(F)c3ccccc3[P+](C)(c3ccccc3)c3ccccc32)c(C)c1. The van der Waals surface area contributed by atoms with Gasteiger partial charge >= 0.3 is 0 Å². The van der Waals surface area contributed by atoms with Gasteiger partial charge < -0.3 is 4.32 Å². The molecule has 0 unspecified atom stereocenters. The van der Waals surface area contributed by atoms with E-state index in [-0.39, 0.29) is 0 Å². The third-order valence-electron chi connectivity index (χ3n) is 7.10. The molecule has 0 fully saturated rings. The molecule has 0 spiro atoms. The van der Waals surface area contributed by atoms with Crippen LogP contribution in [0, 0.1) is 20.8 Å². The molecule has 0 aliphatic carbocycles. The number of halogens is 1. The first kappa shape index (κ1) is 20.2. The molecule has 0 bridgehead atoms. The van der Waals surface area contributed by atoms with Crippen LogP contribution in [-0.2, 0) is 0 Å². The molecule has 3 heteroatoms. The van der Waals surface area contributed by atoms with E-state index < -0.39 is 13.7 Å². The van der Waals surface area contributed by atoms with Crippen LogP contribution in [0.15, 0.2) is 91.0 Å². The summed E-state index contributed by atoms with van der Waals surface area (Å²) in [6.07, 6.45) is -2.57. The maximum Gasteiger partial charge on any atom is 0.242 e. The van der Waals surface area contributed by atoms with Gasteiger partial charge in [-0.05, 0) is 45.0 Å². The second-order valence-electron chi connectivity index (χ2n) is 9.03. The van der Waals surface area contributed by atoms with Gasteiger partial charge in [-0.2, -0.15) is 5.46 Å². The highest BCUT2D eigenvalue weighted by atomic mass is 31.2. The Morgan fingerprint density at radius 3 is 1.61 bits per heavy atom. The molecule has 0 radical (unpaired) electrons. The molecular formula is C28H27BFP. The zero-order valence-corrected chi connectivity index (χ0v) is 19.5. The average Bonchev–Trinajstić information content (AvgIpc) is 2.78. The Labute approximate surface area is 185 Å². The zero-order valence-electron chi connectivity index (χ0n) is 18.6. The standard InChI is InChI=1S/C28H27BFP/c1-20-18-21(2)28(22(3)19-20)29(30)24-14-8-10-16-26(24)31(4,23-12-6-5-7-13-23)27-17-11-9-15-25(27)29/h5-19H,1-4H3. The first-order valence-corrected chi connectivity index (χ1v) is 13.2. The smallest absolute Gasteiger partial charge is 0.242 e. The van der Waals surface area contributed by atoms with Gasteiger partial charge in [0.05, 0.1) is 17.3 Å². The van der Waals surface area contributed by atoms with Crippen molar-refractivity contribution in [2.75, 3.05) is 6.66 Å². The molecule has 0 saturated heterocycles. The van der Waals surface area contributed by atoms with Crippen LogP contribution < -0.4 is 32.3 Å². The molecule has 0 saturated carbocycles. The highest BCUT2D eigenvalue weighted by Gasteiger charge is 2.52. The number of hydrogen-bond donors (Lipinski definition) is 0. The summed E-state index contributed by atoms with van der Waals surface area (Å²) in [6.45, 7) is 8.56. The molecular weight excluding hydrogens is 397 g/mol. The second-order valence-corrected chi connectivity index (χ2v) is 12.5. The molecule has 0 N–H and O–H groups in total. The second kappa shape index (κ2) is 7.18. The molecule has 4 aromatic carbocycles. The van der Waals surface area contributed by atoms with Crippen LogP contribution >= 0.6 is 7.26 Å². The third kappa shape index (κ3) is 2.78. The summed E-state index contributed by atoms with van der Waals surface area (Å²) in [5.74, 6) is 0. The maximum atomic E-state index is 17.9. The van der Waals surface area contributed by atoms with E-state index in [4.69, 9.17) is 0 Å². The number of benzene rings is 4. The van der Waals surface area contributed by atoms with Crippen LogP contribution in [0.2, 0.25) is 0 Å². The molecule has 0 amide bonds. The first-order valence-electron chi connectivity index (χ1n) is 10.9. The van der Waals surface area contributed by atoms with Crippen LogP contribution in [-0.4, -0.2) is 13.1 Å². The van der Waals surface area contributed by atoms with E-state index in [0.717, 1.165) is 27.5 Å². The minimum atomic E-state index is -2.57. The van der Waals surface area contributed by atoms with Gasteiger partial charge in [0.15, 0.2) is 0 Å². The largest absolute Gasteiger partial charge is 0.498 e. The molecule has 1 aliphatic rings. The summed E-state index contributed by atoms with van der Waals surface area (Å²) in [7, 11) is -1.96. The van der Waals surface area contributed by atoms with Crippen molar-refractivity contribution < 1.29 is 4.32 Å². The van der Waals surface area contributed by atoms with Crippen LogP contribution in [0.25, 0.3) is 0 Å². The van der Waals surface area contributed by atoms with Crippen LogP contribution in [0.4, 0.5) is 4.32 Å². The molecule has 154 valence electrons. The van der Waals surface area contributed by atoms with Crippen LogP contribution in [0.1, 0.15) is 16.7 Å². The van der Waals surface area contributed by atoms with Crippen molar-refractivity contribution in [1.29, 1.82) is 0 Å². The van der Waals surface area contributed by atoms with Gasteiger partial charge in [-0.3, -0.25) is 0 Å². The van der Waals surface area contributed by atoms with Gasteiger partial charge in [-0.15, -0.1) is 10.9 Å². The molecule has 31 heavy (non-hydrogen) atoms. The summed E-state index contributed by atoms with van der Waals surface area (Å²) in [4.78, 5) is 0. The average molecular weight is 424 g/mol. The van der Waals surface area contributed by atoms with E-state index in [2.05, 4.69) is 94.2 Å². The first-order chi connectivity index (χ1) is 14.9. The molecule has 0 nitrogen and oxygen atoms in total. The van der Waals surface area contributed by atoms with Gasteiger partial charge in [-0.25, -0.2) is 0 Å². The summed E-state index contributed by atoms with van der Waals surface area (Å²) < 4.78 is 17.9. The molecule has 5 rings (SSSR count). The van der Waals surface area contributed by atoms with Crippen molar-refractivity contribution in [3.8, 4) is 0 Å². The molecule has 0 atom stereocenters. The Kier molecular flexibility index (Phi) is 4.68. The monoisotopic (exact) mass is 424 g/mol. The fraction of sp³-hybridized carbons (Fsp3) is 0.143. The van der Waals surface area contributed by atoms with Gasteiger partial charge in [0.2, 0.25) is 6.42 Å². The Morgan fingerprint density at radius 2 is 1.10 bits per heavy atom. The normalized spacial score (nSPS) is 22.0. The zero-order chi connectivity index (χ0) is 21.8. The minimum absolute atomic E-state index is 0.852. The lowest BCUT2D eigenvalue weighted by atomic mass is 9.30. The highest BCUT2D eigenvalue weighted by molar-refractivity contribution is 7.96. The Morgan fingerprint density at radius 1 is 0.645 bits per heavy atom. The van der Waals surface area contributed by atoms with Crippen molar-refractivity contribution in [2.45, 2.75) is 20.8 Å². The van der Waals surface area contributed by atoms with E-state index in [1.807, 2.05) is 24.3 Å². The summed E-state index contributed by atoms with van der Waals surface area (Å²) in [5.41, 5.74) is 5.81. The van der Waals surface area contributed by atoms with Gasteiger partial charge in [0, 0.05) is 0 Å². The molecule has 0 aromatic heterocycles. The summed E-state index contributed by atoms with van der Waals surface area (Å²) in [6, 6.07) is 31.5. The lowest BCUT2D eigenvalue weighted by Gasteiger charge is -2.46. The highest BCUT2D eigenvalue weighted by Crippen LogP contribution is 2.52. The number of fused-ring (bicyclic) bond motifs is 2. The van der Waals surface area contributed by atoms with Crippen LogP contribution in [0.3, 0.4) is 0 Å². The van der Waals surface area contributed by atoms with Crippen molar-refractivity contribution in [3.05, 3.63) is 108 Å². The van der Waals surface area contributed by atoms with Crippen molar-refractivity contribution in [3.63, 3.8) is 0 Å². The van der Waals surface area contributed by atoms with Crippen LogP contribution in [0.5, 0.6) is 0 Å². The fourth-order valence-electron chi connectivity index (χ4n) is 5.89. The van der Waals surface area contributed by atoms with E-state index >= 15 is 4.32 Å². The predicted molar refractivity (Wildman–Crippen MR) is 137 cm³/mol. The fourth-order valence-corrected chi connectivity index (χ4v) is 9.78.